The summed E-state index contributed by atoms with van der Waals surface area (Å²) in [7, 11) is 0. The first-order chi connectivity index (χ1) is 10.6. The highest BCUT2D eigenvalue weighted by atomic mass is 35.5. The molecule has 116 valence electrons. The van der Waals surface area contributed by atoms with Gasteiger partial charge in [0.2, 0.25) is 0 Å². The fourth-order valence-electron chi connectivity index (χ4n) is 2.75. The molecule has 1 aromatic carbocycles. The summed E-state index contributed by atoms with van der Waals surface area (Å²) in [6, 6.07) is 5.97. The van der Waals surface area contributed by atoms with Gasteiger partial charge in [-0.2, -0.15) is 5.10 Å². The number of rotatable bonds is 3. The minimum absolute atomic E-state index is 0.125. The number of piperidine rings is 1. The second-order valence-electron chi connectivity index (χ2n) is 5.31. The van der Waals surface area contributed by atoms with Gasteiger partial charge in [-0.3, -0.25) is 9.48 Å². The van der Waals surface area contributed by atoms with Crippen molar-refractivity contribution in [2.45, 2.75) is 18.4 Å². The molecule has 2 N–H and O–H groups in total. The number of anilines is 1. The van der Waals surface area contributed by atoms with Crippen molar-refractivity contribution in [2.75, 3.05) is 18.4 Å². The maximum Gasteiger partial charge on any atom is 0.252 e. The monoisotopic (exact) mass is 322 g/mol. The topological polar surface area (TPSA) is 59.0 Å². The summed E-state index contributed by atoms with van der Waals surface area (Å²) >= 11 is 5.74. The number of hydrogen-bond donors (Lipinski definition) is 2. The number of aromatic nitrogens is 2. The molecule has 1 fully saturated rings. The summed E-state index contributed by atoms with van der Waals surface area (Å²) in [6.07, 6.45) is 4.59. The van der Waals surface area contributed by atoms with Crippen LogP contribution in [0.4, 0.5) is 10.1 Å². The lowest BCUT2D eigenvalue weighted by Gasteiger charge is -2.36. The molecule has 1 aromatic heterocycles. The molecule has 0 bridgehead atoms. The highest BCUT2D eigenvalue weighted by Gasteiger charge is 2.42. The Labute approximate surface area is 132 Å². The van der Waals surface area contributed by atoms with Crippen LogP contribution in [0.1, 0.15) is 12.8 Å². The number of benzene rings is 1. The molecular formula is C15H16ClFN4O. The van der Waals surface area contributed by atoms with E-state index in [0.29, 0.717) is 31.0 Å². The number of nitrogens with zero attached hydrogens (tertiary/aromatic N) is 2. The first-order valence-corrected chi connectivity index (χ1v) is 7.47. The second kappa shape index (κ2) is 6.06. The van der Waals surface area contributed by atoms with Crippen molar-refractivity contribution in [2.24, 2.45) is 0 Å². The van der Waals surface area contributed by atoms with E-state index >= 15 is 0 Å². The van der Waals surface area contributed by atoms with Gasteiger partial charge < -0.3 is 10.6 Å². The number of carbonyl (C=O) groups excluding carboxylic acids is 1. The molecule has 7 heteroatoms. The zero-order chi connectivity index (χ0) is 15.6. The second-order valence-corrected chi connectivity index (χ2v) is 5.75. The standard InChI is InChI=1S/C15H16ClFN4O/c16-11-2-3-13(12(17)10-11)20-14(22)15(4-7-18-8-5-15)21-9-1-6-19-21/h1-3,6,9-10,18H,4-5,7-8H2,(H,20,22). The summed E-state index contributed by atoms with van der Waals surface area (Å²) in [5.41, 5.74) is -0.680. The van der Waals surface area contributed by atoms with E-state index in [1.54, 1.807) is 29.2 Å². The van der Waals surface area contributed by atoms with E-state index in [2.05, 4.69) is 15.7 Å². The SMILES string of the molecule is O=C(Nc1ccc(Cl)cc1F)C1(n2cccn2)CCNCC1. The maximum absolute atomic E-state index is 13.9. The molecule has 2 aromatic rings. The number of amides is 1. The predicted molar refractivity (Wildman–Crippen MR) is 82.3 cm³/mol. The van der Waals surface area contributed by atoms with Gasteiger partial charge in [-0.25, -0.2) is 4.39 Å². The largest absolute Gasteiger partial charge is 0.321 e. The van der Waals surface area contributed by atoms with E-state index in [4.69, 9.17) is 11.6 Å². The van der Waals surface area contributed by atoms with Crippen molar-refractivity contribution in [3.05, 3.63) is 47.5 Å². The van der Waals surface area contributed by atoms with Gasteiger partial charge in [-0.15, -0.1) is 0 Å². The van der Waals surface area contributed by atoms with Crippen LogP contribution in [-0.2, 0) is 10.3 Å². The van der Waals surface area contributed by atoms with Crippen molar-refractivity contribution in [3.8, 4) is 0 Å². The molecule has 0 radical (unpaired) electrons. The van der Waals surface area contributed by atoms with Crippen LogP contribution in [0, 0.1) is 5.82 Å². The van der Waals surface area contributed by atoms with Gasteiger partial charge >= 0.3 is 0 Å². The summed E-state index contributed by atoms with van der Waals surface area (Å²) < 4.78 is 15.6. The first kappa shape index (κ1) is 15.0. The lowest BCUT2D eigenvalue weighted by atomic mass is 9.87. The zero-order valence-corrected chi connectivity index (χ0v) is 12.6. The number of hydrogen-bond acceptors (Lipinski definition) is 3. The highest BCUT2D eigenvalue weighted by molar-refractivity contribution is 6.30. The Morgan fingerprint density at radius 1 is 1.41 bits per heavy atom. The molecule has 1 aliphatic heterocycles. The highest BCUT2D eigenvalue weighted by Crippen LogP contribution is 2.29. The molecule has 2 heterocycles. The predicted octanol–water partition coefficient (Wildman–Crippen LogP) is 2.39. The molecule has 1 saturated heterocycles. The van der Waals surface area contributed by atoms with Gasteiger partial charge in [0.1, 0.15) is 11.4 Å². The van der Waals surface area contributed by atoms with Crippen molar-refractivity contribution >= 4 is 23.2 Å². The summed E-state index contributed by atoms with van der Waals surface area (Å²) in [4.78, 5) is 12.8. The number of carbonyl (C=O) groups is 1. The average molecular weight is 323 g/mol. The average Bonchev–Trinajstić information content (AvgIpc) is 3.05. The van der Waals surface area contributed by atoms with Crippen LogP contribution in [-0.4, -0.2) is 28.8 Å². The Morgan fingerprint density at radius 2 is 2.18 bits per heavy atom. The normalized spacial score (nSPS) is 17.2. The fraction of sp³-hybridized carbons (Fsp3) is 0.333. The zero-order valence-electron chi connectivity index (χ0n) is 11.9. The van der Waals surface area contributed by atoms with Gasteiger partial charge in [-0.05, 0) is 50.2 Å². The van der Waals surface area contributed by atoms with Gasteiger partial charge in [0.25, 0.3) is 5.91 Å². The van der Waals surface area contributed by atoms with Crippen LogP contribution in [0.15, 0.2) is 36.7 Å². The molecule has 1 amide bonds. The number of nitrogens with one attached hydrogen (secondary N) is 2. The van der Waals surface area contributed by atoms with Gasteiger partial charge in [0, 0.05) is 17.4 Å². The lowest BCUT2D eigenvalue weighted by Crippen LogP contribution is -2.52. The van der Waals surface area contributed by atoms with Crippen LogP contribution < -0.4 is 10.6 Å². The molecule has 5 nitrogen and oxygen atoms in total. The Morgan fingerprint density at radius 3 is 2.82 bits per heavy atom. The number of halogens is 2. The summed E-state index contributed by atoms with van der Waals surface area (Å²) in [6.45, 7) is 1.41. The fourth-order valence-corrected chi connectivity index (χ4v) is 2.91. The van der Waals surface area contributed by atoms with Crippen molar-refractivity contribution in [1.29, 1.82) is 0 Å². The smallest absolute Gasteiger partial charge is 0.252 e. The molecular weight excluding hydrogens is 307 g/mol. The lowest BCUT2D eigenvalue weighted by molar-refractivity contribution is -0.126. The molecule has 0 unspecified atom stereocenters. The Kier molecular flexibility index (Phi) is 4.13. The van der Waals surface area contributed by atoms with E-state index in [9.17, 15) is 9.18 Å². The van der Waals surface area contributed by atoms with Crippen LogP contribution in [0.5, 0.6) is 0 Å². The summed E-state index contributed by atoms with van der Waals surface area (Å²) in [5.74, 6) is -0.815. The van der Waals surface area contributed by atoms with Crippen LogP contribution >= 0.6 is 11.6 Å². The van der Waals surface area contributed by atoms with Crippen LogP contribution in [0.2, 0.25) is 5.02 Å². The van der Waals surface area contributed by atoms with Gasteiger partial charge in [0.05, 0.1) is 5.69 Å². The van der Waals surface area contributed by atoms with Crippen molar-refractivity contribution < 1.29 is 9.18 Å². The molecule has 22 heavy (non-hydrogen) atoms. The Hall–Kier alpha value is -1.92. The minimum Gasteiger partial charge on any atom is -0.321 e. The van der Waals surface area contributed by atoms with Crippen molar-refractivity contribution in [3.63, 3.8) is 0 Å². The molecule has 0 atom stereocenters. The molecule has 0 aliphatic carbocycles. The first-order valence-electron chi connectivity index (χ1n) is 7.09. The van der Waals surface area contributed by atoms with Crippen LogP contribution in [0.25, 0.3) is 0 Å². The molecule has 0 spiro atoms. The molecule has 3 rings (SSSR count). The van der Waals surface area contributed by atoms with E-state index < -0.39 is 11.4 Å². The van der Waals surface area contributed by atoms with E-state index in [-0.39, 0.29) is 11.6 Å². The van der Waals surface area contributed by atoms with Crippen LogP contribution in [0.3, 0.4) is 0 Å². The van der Waals surface area contributed by atoms with Gasteiger partial charge in [0.15, 0.2) is 0 Å². The quantitative estimate of drug-likeness (QED) is 0.912. The van der Waals surface area contributed by atoms with Crippen molar-refractivity contribution in [1.82, 2.24) is 15.1 Å². The molecule has 0 saturated carbocycles. The van der Waals surface area contributed by atoms with Gasteiger partial charge in [-0.1, -0.05) is 11.6 Å². The van der Waals surface area contributed by atoms with E-state index in [0.717, 1.165) is 0 Å². The minimum atomic E-state index is -0.805. The van der Waals surface area contributed by atoms with E-state index in [1.165, 1.54) is 12.1 Å². The third-order valence-corrected chi connectivity index (χ3v) is 4.21. The third-order valence-electron chi connectivity index (χ3n) is 3.98. The molecule has 1 aliphatic rings. The third kappa shape index (κ3) is 2.71. The Balaban J connectivity index is 1.90. The maximum atomic E-state index is 13.9. The van der Waals surface area contributed by atoms with E-state index in [1.807, 2.05) is 0 Å². The Bertz CT molecular complexity index is 668. The summed E-state index contributed by atoms with van der Waals surface area (Å²) in [5, 5.41) is 10.4.